The standard InChI is InChI=1S/C14H10BrF4NO.ClH/c15-11-7-9(3-6-12(11)16)13(20)8-1-4-10(5-2-8)21-14(17,18)19;/h1-7,13H,20H2;1H/t13-;/m0./s1. The monoisotopic (exact) mass is 399 g/mol. The van der Waals surface area contributed by atoms with Crippen molar-refractivity contribution in [3.8, 4) is 5.75 Å². The minimum atomic E-state index is -4.73. The lowest BCUT2D eigenvalue weighted by Crippen LogP contribution is -2.17. The predicted molar refractivity (Wildman–Crippen MR) is 80.5 cm³/mol. The summed E-state index contributed by atoms with van der Waals surface area (Å²) in [4.78, 5) is 0. The van der Waals surface area contributed by atoms with Crippen molar-refractivity contribution < 1.29 is 22.3 Å². The molecule has 2 aromatic carbocycles. The molecule has 0 amide bonds. The number of benzene rings is 2. The lowest BCUT2D eigenvalue weighted by Gasteiger charge is -2.14. The largest absolute Gasteiger partial charge is 0.573 e. The molecule has 0 radical (unpaired) electrons. The first-order valence-electron chi connectivity index (χ1n) is 5.82. The summed E-state index contributed by atoms with van der Waals surface area (Å²) in [7, 11) is 0. The van der Waals surface area contributed by atoms with Crippen LogP contribution < -0.4 is 10.5 Å². The maximum absolute atomic E-state index is 13.2. The Hall–Kier alpha value is -1.31. The van der Waals surface area contributed by atoms with Gasteiger partial charge in [0.25, 0.3) is 0 Å². The molecule has 0 aliphatic heterocycles. The summed E-state index contributed by atoms with van der Waals surface area (Å²) in [6.07, 6.45) is -4.73. The van der Waals surface area contributed by atoms with E-state index in [0.29, 0.717) is 11.1 Å². The second kappa shape index (κ2) is 7.30. The zero-order valence-corrected chi connectivity index (χ0v) is 13.3. The first-order chi connectivity index (χ1) is 9.76. The number of hydrogen-bond acceptors (Lipinski definition) is 2. The molecule has 2 rings (SSSR count). The molecule has 2 nitrogen and oxygen atoms in total. The van der Waals surface area contributed by atoms with Gasteiger partial charge in [0, 0.05) is 0 Å². The summed E-state index contributed by atoms with van der Waals surface area (Å²) in [6.45, 7) is 0. The van der Waals surface area contributed by atoms with E-state index in [4.69, 9.17) is 5.73 Å². The van der Waals surface area contributed by atoms with Gasteiger partial charge in [0.05, 0.1) is 10.5 Å². The van der Waals surface area contributed by atoms with E-state index in [1.165, 1.54) is 42.5 Å². The Labute approximate surface area is 138 Å². The average Bonchev–Trinajstić information content (AvgIpc) is 2.40. The van der Waals surface area contributed by atoms with Crippen LogP contribution in [0.15, 0.2) is 46.9 Å². The maximum Gasteiger partial charge on any atom is 0.573 e. The topological polar surface area (TPSA) is 35.2 Å². The minimum absolute atomic E-state index is 0. The molecule has 0 saturated heterocycles. The van der Waals surface area contributed by atoms with Gasteiger partial charge in [0.1, 0.15) is 11.6 Å². The first-order valence-corrected chi connectivity index (χ1v) is 6.62. The van der Waals surface area contributed by atoms with Gasteiger partial charge in [0.15, 0.2) is 0 Å². The molecule has 8 heteroatoms. The summed E-state index contributed by atoms with van der Waals surface area (Å²) in [5.41, 5.74) is 7.22. The fourth-order valence-corrected chi connectivity index (χ4v) is 2.17. The van der Waals surface area contributed by atoms with Crippen molar-refractivity contribution in [2.45, 2.75) is 12.4 Å². The average molecular weight is 401 g/mol. The van der Waals surface area contributed by atoms with E-state index in [-0.39, 0.29) is 22.6 Å². The number of ether oxygens (including phenoxy) is 1. The number of rotatable bonds is 3. The van der Waals surface area contributed by atoms with Crippen LogP contribution in [0.5, 0.6) is 5.75 Å². The van der Waals surface area contributed by atoms with E-state index in [2.05, 4.69) is 20.7 Å². The molecule has 0 fully saturated rings. The molecule has 0 saturated carbocycles. The number of hydrogen-bond donors (Lipinski definition) is 1. The van der Waals surface area contributed by atoms with Gasteiger partial charge in [-0.15, -0.1) is 25.6 Å². The summed E-state index contributed by atoms with van der Waals surface area (Å²) >= 11 is 3.06. The molecule has 22 heavy (non-hydrogen) atoms. The van der Waals surface area contributed by atoms with E-state index < -0.39 is 18.2 Å². The lowest BCUT2D eigenvalue weighted by atomic mass is 9.99. The Kier molecular flexibility index (Phi) is 6.22. The van der Waals surface area contributed by atoms with Gasteiger partial charge < -0.3 is 10.5 Å². The van der Waals surface area contributed by atoms with E-state index in [9.17, 15) is 17.6 Å². The third-order valence-electron chi connectivity index (χ3n) is 2.78. The molecular weight excluding hydrogens is 390 g/mol. The highest BCUT2D eigenvalue weighted by molar-refractivity contribution is 9.10. The molecule has 0 aliphatic rings. The lowest BCUT2D eigenvalue weighted by molar-refractivity contribution is -0.274. The number of alkyl halides is 3. The molecule has 0 unspecified atom stereocenters. The molecule has 2 aromatic rings. The Morgan fingerprint density at radius 3 is 2.05 bits per heavy atom. The Morgan fingerprint density at radius 2 is 1.55 bits per heavy atom. The highest BCUT2D eigenvalue weighted by Gasteiger charge is 2.31. The minimum Gasteiger partial charge on any atom is -0.406 e. The van der Waals surface area contributed by atoms with Gasteiger partial charge >= 0.3 is 6.36 Å². The van der Waals surface area contributed by atoms with Crippen molar-refractivity contribution in [2.75, 3.05) is 0 Å². The zero-order chi connectivity index (χ0) is 15.6. The Morgan fingerprint density at radius 1 is 1.00 bits per heavy atom. The molecular formula is C14H11BrClF4NO. The summed E-state index contributed by atoms with van der Waals surface area (Å²) in [5.74, 6) is -0.737. The molecule has 120 valence electrons. The zero-order valence-electron chi connectivity index (χ0n) is 10.9. The van der Waals surface area contributed by atoms with E-state index in [1.807, 2.05) is 0 Å². The van der Waals surface area contributed by atoms with Crippen LogP contribution in [0.1, 0.15) is 17.2 Å². The highest BCUT2D eigenvalue weighted by atomic mass is 79.9. The fraction of sp³-hybridized carbons (Fsp3) is 0.143. The quantitative estimate of drug-likeness (QED) is 0.740. The summed E-state index contributed by atoms with van der Waals surface area (Å²) < 4.78 is 53.4. The van der Waals surface area contributed by atoms with Crippen molar-refractivity contribution in [3.05, 3.63) is 63.9 Å². The Bertz CT molecular complexity index is 634. The molecule has 1 atom stereocenters. The highest BCUT2D eigenvalue weighted by Crippen LogP contribution is 2.27. The van der Waals surface area contributed by atoms with Crippen LogP contribution >= 0.6 is 28.3 Å². The summed E-state index contributed by atoms with van der Waals surface area (Å²) in [6, 6.07) is 8.96. The van der Waals surface area contributed by atoms with Gasteiger partial charge in [-0.25, -0.2) is 4.39 Å². The predicted octanol–water partition coefficient (Wildman–Crippen LogP) is 4.96. The van der Waals surface area contributed by atoms with Crippen molar-refractivity contribution in [3.63, 3.8) is 0 Å². The Balaban J connectivity index is 0.00000242. The SMILES string of the molecule is Cl.N[C@@H](c1ccc(OC(F)(F)F)cc1)c1ccc(F)c(Br)c1. The summed E-state index contributed by atoms with van der Waals surface area (Å²) in [5, 5.41) is 0. The fourth-order valence-electron chi connectivity index (χ4n) is 1.78. The van der Waals surface area contributed by atoms with Crippen LogP contribution in [0.2, 0.25) is 0 Å². The number of halogens is 6. The smallest absolute Gasteiger partial charge is 0.406 e. The molecule has 0 bridgehead atoms. The van der Waals surface area contributed by atoms with Crippen molar-refractivity contribution in [2.24, 2.45) is 5.73 Å². The van der Waals surface area contributed by atoms with Gasteiger partial charge in [-0.2, -0.15) is 0 Å². The molecule has 0 heterocycles. The third kappa shape index (κ3) is 4.86. The van der Waals surface area contributed by atoms with Gasteiger partial charge in [0.2, 0.25) is 0 Å². The van der Waals surface area contributed by atoms with E-state index in [1.54, 1.807) is 0 Å². The van der Waals surface area contributed by atoms with Gasteiger partial charge in [-0.05, 0) is 51.3 Å². The van der Waals surface area contributed by atoms with Crippen molar-refractivity contribution in [1.82, 2.24) is 0 Å². The van der Waals surface area contributed by atoms with Crippen LogP contribution in [0, 0.1) is 5.82 Å². The second-order valence-corrected chi connectivity index (χ2v) is 5.12. The van der Waals surface area contributed by atoms with Crippen LogP contribution in [0.3, 0.4) is 0 Å². The van der Waals surface area contributed by atoms with Crippen LogP contribution in [0.25, 0.3) is 0 Å². The first kappa shape index (κ1) is 18.7. The second-order valence-electron chi connectivity index (χ2n) is 4.27. The molecule has 0 aromatic heterocycles. The van der Waals surface area contributed by atoms with Crippen LogP contribution in [0.4, 0.5) is 17.6 Å². The van der Waals surface area contributed by atoms with Crippen molar-refractivity contribution >= 4 is 28.3 Å². The normalized spacial score (nSPS) is 12.5. The number of nitrogens with two attached hydrogens (primary N) is 1. The van der Waals surface area contributed by atoms with E-state index in [0.717, 1.165) is 0 Å². The van der Waals surface area contributed by atoms with Crippen LogP contribution in [-0.4, -0.2) is 6.36 Å². The third-order valence-corrected chi connectivity index (χ3v) is 3.38. The molecule has 2 N–H and O–H groups in total. The maximum atomic E-state index is 13.2. The van der Waals surface area contributed by atoms with Gasteiger partial charge in [-0.1, -0.05) is 18.2 Å². The molecule has 0 spiro atoms. The van der Waals surface area contributed by atoms with Gasteiger partial charge in [-0.3, -0.25) is 0 Å². The van der Waals surface area contributed by atoms with Crippen LogP contribution in [-0.2, 0) is 0 Å². The van der Waals surface area contributed by atoms with E-state index >= 15 is 0 Å². The molecule has 0 aliphatic carbocycles. The van der Waals surface area contributed by atoms with Crippen molar-refractivity contribution in [1.29, 1.82) is 0 Å².